The normalized spacial score (nSPS) is 20.4. The van der Waals surface area contributed by atoms with Crippen molar-refractivity contribution in [1.82, 2.24) is 25.3 Å². The second-order valence-electron chi connectivity index (χ2n) is 10.3. The Balaban J connectivity index is 1.61. The van der Waals surface area contributed by atoms with E-state index in [4.69, 9.17) is 0 Å². The maximum Gasteiger partial charge on any atom is 0.435 e. The Kier molecular flexibility index (Phi) is 8.19. The monoisotopic (exact) mass is 523 g/mol. The van der Waals surface area contributed by atoms with Gasteiger partial charge in [-0.2, -0.15) is 18.3 Å². The van der Waals surface area contributed by atoms with Crippen molar-refractivity contribution in [3.8, 4) is 5.69 Å². The molecule has 0 aliphatic carbocycles. The standard InChI is InChI=1S/C25H32F3N5O4/c1-15-17(10-13-32(23(36)37)20(15)24(2,3)4)21(34)29-11-12-30-22(35)18-14-33(16-8-6-5-7-9-16)31-19(18)25(26,27)28/h5-9,14-15,17,20H,10-13H2,1-4H3,(H,29,34)(H,30,35)(H,36,37). The van der Waals surface area contributed by atoms with E-state index in [1.54, 1.807) is 30.3 Å². The highest BCUT2D eigenvalue weighted by Gasteiger charge is 2.46. The number of alkyl halides is 3. The van der Waals surface area contributed by atoms with Crippen LogP contribution in [0.25, 0.3) is 5.69 Å². The van der Waals surface area contributed by atoms with Gasteiger partial charge in [-0.1, -0.05) is 45.9 Å². The van der Waals surface area contributed by atoms with Crippen LogP contribution in [0, 0.1) is 17.3 Å². The lowest BCUT2D eigenvalue weighted by Crippen LogP contribution is -2.58. The number of rotatable bonds is 6. The van der Waals surface area contributed by atoms with Crippen molar-refractivity contribution < 1.29 is 32.7 Å². The molecule has 3 N–H and O–H groups in total. The summed E-state index contributed by atoms with van der Waals surface area (Å²) >= 11 is 0. The van der Waals surface area contributed by atoms with Crippen LogP contribution in [0.3, 0.4) is 0 Å². The summed E-state index contributed by atoms with van der Waals surface area (Å²) in [5, 5.41) is 18.3. The number of nitrogens with one attached hydrogen (secondary N) is 2. The number of para-hydroxylation sites is 1. The molecule has 0 saturated carbocycles. The van der Waals surface area contributed by atoms with Crippen molar-refractivity contribution in [2.75, 3.05) is 19.6 Å². The third kappa shape index (κ3) is 6.41. The zero-order chi connectivity index (χ0) is 27.5. The number of hydrogen-bond acceptors (Lipinski definition) is 4. The summed E-state index contributed by atoms with van der Waals surface area (Å²) in [7, 11) is 0. The molecule has 1 aliphatic heterocycles. The number of piperidine rings is 1. The van der Waals surface area contributed by atoms with Gasteiger partial charge in [-0.3, -0.25) is 9.59 Å². The van der Waals surface area contributed by atoms with Crippen LogP contribution in [0.1, 0.15) is 50.2 Å². The summed E-state index contributed by atoms with van der Waals surface area (Å²) in [6, 6.07) is 7.76. The molecule has 0 bridgehead atoms. The van der Waals surface area contributed by atoms with E-state index in [-0.39, 0.29) is 42.9 Å². The van der Waals surface area contributed by atoms with Gasteiger partial charge < -0.3 is 20.6 Å². The first-order chi connectivity index (χ1) is 17.2. The van der Waals surface area contributed by atoms with Gasteiger partial charge >= 0.3 is 12.3 Å². The Hall–Kier alpha value is -3.57. The molecular weight excluding hydrogens is 491 g/mol. The summed E-state index contributed by atoms with van der Waals surface area (Å²) in [5.41, 5.74) is -1.93. The van der Waals surface area contributed by atoms with Crippen molar-refractivity contribution >= 4 is 17.9 Å². The summed E-state index contributed by atoms with van der Waals surface area (Å²) < 4.78 is 41.5. The fourth-order valence-electron chi connectivity index (χ4n) is 5.08. The average Bonchev–Trinajstić information content (AvgIpc) is 3.27. The molecule has 1 saturated heterocycles. The highest BCUT2D eigenvalue weighted by atomic mass is 19.4. The van der Waals surface area contributed by atoms with Gasteiger partial charge in [0, 0.05) is 37.8 Å². The molecule has 3 unspecified atom stereocenters. The van der Waals surface area contributed by atoms with E-state index in [0.717, 1.165) is 10.9 Å². The molecule has 1 aromatic carbocycles. The molecular formula is C25H32F3N5O4. The van der Waals surface area contributed by atoms with Gasteiger partial charge in [0.05, 0.1) is 11.3 Å². The molecule has 0 spiro atoms. The third-order valence-electron chi connectivity index (χ3n) is 6.58. The number of amides is 3. The van der Waals surface area contributed by atoms with Gasteiger partial charge in [0.2, 0.25) is 5.91 Å². The van der Waals surface area contributed by atoms with E-state index >= 15 is 0 Å². The van der Waals surface area contributed by atoms with Crippen LogP contribution >= 0.6 is 0 Å². The zero-order valence-corrected chi connectivity index (χ0v) is 21.2. The third-order valence-corrected chi connectivity index (χ3v) is 6.58. The second kappa shape index (κ2) is 10.8. The van der Waals surface area contributed by atoms with E-state index in [2.05, 4.69) is 15.7 Å². The van der Waals surface area contributed by atoms with Crippen LogP contribution in [0.5, 0.6) is 0 Å². The quantitative estimate of drug-likeness (QED) is 0.499. The van der Waals surface area contributed by atoms with Crippen LogP contribution < -0.4 is 10.6 Å². The Morgan fingerprint density at radius 2 is 1.70 bits per heavy atom. The van der Waals surface area contributed by atoms with E-state index in [1.165, 1.54) is 4.90 Å². The molecule has 1 aliphatic rings. The van der Waals surface area contributed by atoms with Gasteiger partial charge in [-0.15, -0.1) is 0 Å². The summed E-state index contributed by atoms with van der Waals surface area (Å²) in [4.78, 5) is 38.5. The zero-order valence-electron chi connectivity index (χ0n) is 21.2. The molecule has 2 heterocycles. The van der Waals surface area contributed by atoms with E-state index in [1.807, 2.05) is 27.7 Å². The van der Waals surface area contributed by atoms with Crippen LogP contribution in [-0.2, 0) is 11.0 Å². The first-order valence-electron chi connectivity index (χ1n) is 12.0. The number of carbonyl (C=O) groups is 3. The van der Waals surface area contributed by atoms with Gasteiger partial charge in [-0.25, -0.2) is 9.48 Å². The lowest BCUT2D eigenvalue weighted by atomic mass is 9.70. The minimum Gasteiger partial charge on any atom is -0.465 e. The Morgan fingerprint density at radius 1 is 1.08 bits per heavy atom. The van der Waals surface area contributed by atoms with Crippen LogP contribution in [-0.4, -0.2) is 63.4 Å². The summed E-state index contributed by atoms with van der Waals surface area (Å²) in [6.07, 6.45) is -4.48. The predicted octanol–water partition coefficient (Wildman–Crippen LogP) is 3.79. The average molecular weight is 524 g/mol. The van der Waals surface area contributed by atoms with Gasteiger partial charge in [-0.05, 0) is 29.9 Å². The van der Waals surface area contributed by atoms with Crippen molar-refractivity contribution in [1.29, 1.82) is 0 Å². The molecule has 202 valence electrons. The molecule has 9 nitrogen and oxygen atoms in total. The van der Waals surface area contributed by atoms with E-state index < -0.39 is 35.4 Å². The number of carboxylic acid groups (broad SMARTS) is 1. The second-order valence-corrected chi connectivity index (χ2v) is 10.3. The molecule has 12 heteroatoms. The Labute approximate surface area is 213 Å². The largest absolute Gasteiger partial charge is 0.465 e. The van der Waals surface area contributed by atoms with Crippen LogP contribution in [0.15, 0.2) is 36.5 Å². The summed E-state index contributed by atoms with van der Waals surface area (Å²) in [5.74, 6) is -1.93. The van der Waals surface area contributed by atoms with Crippen molar-refractivity contribution in [3.63, 3.8) is 0 Å². The minimum absolute atomic E-state index is 0.00476. The fourth-order valence-corrected chi connectivity index (χ4v) is 5.08. The molecule has 0 radical (unpaired) electrons. The minimum atomic E-state index is -4.83. The van der Waals surface area contributed by atoms with Gasteiger partial charge in [0.1, 0.15) is 0 Å². The lowest BCUT2D eigenvalue weighted by Gasteiger charge is -2.48. The maximum atomic E-state index is 13.5. The van der Waals surface area contributed by atoms with Crippen LogP contribution in [0.2, 0.25) is 0 Å². The molecule has 37 heavy (non-hydrogen) atoms. The first-order valence-corrected chi connectivity index (χ1v) is 12.0. The fraction of sp³-hybridized carbons (Fsp3) is 0.520. The molecule has 3 rings (SSSR count). The Bertz CT molecular complexity index is 1130. The predicted molar refractivity (Wildman–Crippen MR) is 129 cm³/mol. The number of hydrogen-bond donors (Lipinski definition) is 3. The van der Waals surface area contributed by atoms with Crippen LogP contribution in [0.4, 0.5) is 18.0 Å². The first kappa shape index (κ1) is 28.0. The topological polar surface area (TPSA) is 117 Å². The number of likely N-dealkylation sites (tertiary alicyclic amines) is 1. The molecule has 2 aromatic rings. The highest BCUT2D eigenvalue weighted by Crippen LogP contribution is 2.39. The number of nitrogens with zero attached hydrogens (tertiary/aromatic N) is 3. The SMILES string of the molecule is CC1C(C(=O)NCCNC(=O)c2cn(-c3ccccc3)nc2C(F)(F)F)CCN(C(=O)O)C1C(C)(C)C. The maximum absolute atomic E-state index is 13.5. The molecule has 1 fully saturated rings. The molecule has 1 aromatic heterocycles. The van der Waals surface area contributed by atoms with E-state index in [0.29, 0.717) is 12.1 Å². The number of carbonyl (C=O) groups excluding carboxylic acids is 2. The van der Waals surface area contributed by atoms with Gasteiger partial charge in [0.15, 0.2) is 5.69 Å². The number of benzene rings is 1. The highest BCUT2D eigenvalue weighted by molar-refractivity contribution is 5.95. The Morgan fingerprint density at radius 3 is 2.27 bits per heavy atom. The molecule has 3 amide bonds. The van der Waals surface area contributed by atoms with Gasteiger partial charge in [0.25, 0.3) is 5.91 Å². The smallest absolute Gasteiger partial charge is 0.435 e. The lowest BCUT2D eigenvalue weighted by molar-refractivity contribution is -0.141. The van der Waals surface area contributed by atoms with E-state index in [9.17, 15) is 32.7 Å². The number of halogens is 3. The number of aromatic nitrogens is 2. The summed E-state index contributed by atoms with van der Waals surface area (Å²) in [6.45, 7) is 7.76. The van der Waals surface area contributed by atoms with Crippen molar-refractivity contribution in [3.05, 3.63) is 47.8 Å². The van der Waals surface area contributed by atoms with Crippen molar-refractivity contribution in [2.24, 2.45) is 17.3 Å². The molecule has 3 atom stereocenters. The van der Waals surface area contributed by atoms with Crippen molar-refractivity contribution in [2.45, 2.75) is 46.3 Å².